The van der Waals surface area contributed by atoms with Gasteiger partial charge >= 0.3 is 11.5 Å². The predicted molar refractivity (Wildman–Crippen MR) is 76.0 cm³/mol. The maximum Gasteiger partial charge on any atom is 0.446 e. The molecule has 1 atom stereocenters. The number of hydrogen-bond donors (Lipinski definition) is 1. The summed E-state index contributed by atoms with van der Waals surface area (Å²) >= 11 is -0.179. The summed E-state index contributed by atoms with van der Waals surface area (Å²) < 4.78 is 41.8. The first-order chi connectivity index (χ1) is 9.87. The minimum Gasteiger partial charge on any atom is -0.465 e. The molecule has 0 aliphatic heterocycles. The van der Waals surface area contributed by atoms with E-state index < -0.39 is 17.5 Å². The maximum absolute atomic E-state index is 12.3. The van der Waals surface area contributed by atoms with Crippen molar-refractivity contribution in [1.29, 1.82) is 0 Å². The van der Waals surface area contributed by atoms with Crippen LogP contribution in [0.4, 0.5) is 13.2 Å². The average Bonchev–Trinajstić information content (AvgIpc) is 2.39. The Bertz CT molecular complexity index is 449. The fourth-order valence-corrected chi connectivity index (χ4v) is 2.25. The molecule has 7 heteroatoms. The van der Waals surface area contributed by atoms with E-state index in [-0.39, 0.29) is 23.3 Å². The van der Waals surface area contributed by atoms with E-state index >= 15 is 0 Å². The zero-order valence-electron chi connectivity index (χ0n) is 11.9. The van der Waals surface area contributed by atoms with E-state index in [1.807, 2.05) is 6.92 Å². The van der Waals surface area contributed by atoms with Crippen LogP contribution in [0.25, 0.3) is 0 Å². The zero-order valence-corrected chi connectivity index (χ0v) is 12.7. The minimum atomic E-state index is -4.32. The largest absolute Gasteiger partial charge is 0.465 e. The van der Waals surface area contributed by atoms with Crippen LogP contribution in [-0.4, -0.2) is 24.6 Å². The fourth-order valence-electron chi connectivity index (χ4n) is 1.71. The second-order valence-corrected chi connectivity index (χ2v) is 5.39. The standard InChI is InChI=1S/C14H18F3NO2S/c1-3-9-18-12(13(19)20-4-2)10-5-7-11(8-6-10)21-14(15,16)17/h5-8,12,18H,3-4,9H2,1-2H3. The summed E-state index contributed by atoms with van der Waals surface area (Å²) in [6.07, 6.45) is 0.831. The van der Waals surface area contributed by atoms with Gasteiger partial charge in [-0.2, -0.15) is 13.2 Å². The third-order valence-corrected chi connectivity index (χ3v) is 3.31. The summed E-state index contributed by atoms with van der Waals surface area (Å²) in [4.78, 5) is 12.0. The van der Waals surface area contributed by atoms with Gasteiger partial charge in [0, 0.05) is 4.90 Å². The molecule has 1 N–H and O–H groups in total. The summed E-state index contributed by atoms with van der Waals surface area (Å²) in [7, 11) is 0. The molecule has 0 radical (unpaired) electrons. The van der Waals surface area contributed by atoms with Gasteiger partial charge in [-0.1, -0.05) is 19.1 Å². The SMILES string of the molecule is CCCNC(C(=O)OCC)c1ccc(SC(F)(F)F)cc1. The highest BCUT2D eigenvalue weighted by molar-refractivity contribution is 8.00. The molecule has 1 aromatic carbocycles. The van der Waals surface area contributed by atoms with Gasteiger partial charge in [-0.3, -0.25) is 0 Å². The number of rotatable bonds is 7. The molecule has 0 saturated heterocycles. The molecule has 1 rings (SSSR count). The highest BCUT2D eigenvalue weighted by atomic mass is 32.2. The second-order valence-electron chi connectivity index (χ2n) is 4.26. The molecule has 0 heterocycles. The molecule has 0 aromatic heterocycles. The van der Waals surface area contributed by atoms with E-state index in [9.17, 15) is 18.0 Å². The second kappa shape index (κ2) is 8.29. The first-order valence-corrected chi connectivity index (χ1v) is 7.44. The number of thioether (sulfide) groups is 1. The van der Waals surface area contributed by atoms with Gasteiger partial charge < -0.3 is 10.1 Å². The number of alkyl halides is 3. The van der Waals surface area contributed by atoms with E-state index in [1.54, 1.807) is 6.92 Å². The first-order valence-electron chi connectivity index (χ1n) is 6.63. The van der Waals surface area contributed by atoms with Crippen molar-refractivity contribution in [2.75, 3.05) is 13.2 Å². The van der Waals surface area contributed by atoms with E-state index in [0.717, 1.165) is 6.42 Å². The molecule has 0 fully saturated rings. The Kier molecular flexibility index (Phi) is 7.04. The number of benzene rings is 1. The highest BCUT2D eigenvalue weighted by Gasteiger charge is 2.29. The molecule has 1 aromatic rings. The zero-order chi connectivity index (χ0) is 15.9. The summed E-state index contributed by atoms with van der Waals surface area (Å²) in [5, 5.41) is 3.03. The number of nitrogens with one attached hydrogen (secondary N) is 1. The molecule has 0 aliphatic carbocycles. The lowest BCUT2D eigenvalue weighted by Crippen LogP contribution is -2.30. The maximum atomic E-state index is 12.3. The quantitative estimate of drug-likeness (QED) is 0.610. The van der Waals surface area contributed by atoms with Gasteiger partial charge in [-0.15, -0.1) is 0 Å². The monoisotopic (exact) mass is 321 g/mol. The number of halogens is 3. The lowest BCUT2D eigenvalue weighted by molar-refractivity contribution is -0.145. The van der Waals surface area contributed by atoms with Crippen LogP contribution in [-0.2, 0) is 9.53 Å². The van der Waals surface area contributed by atoms with Gasteiger partial charge in [0.05, 0.1) is 6.61 Å². The summed E-state index contributed by atoms with van der Waals surface area (Å²) in [6.45, 7) is 4.53. The van der Waals surface area contributed by atoms with Crippen molar-refractivity contribution < 1.29 is 22.7 Å². The van der Waals surface area contributed by atoms with Crippen molar-refractivity contribution in [2.45, 2.75) is 36.7 Å². The van der Waals surface area contributed by atoms with Crippen LogP contribution < -0.4 is 5.32 Å². The molecule has 0 amide bonds. The third-order valence-electron chi connectivity index (χ3n) is 2.57. The molecular formula is C14H18F3NO2S. The molecule has 0 spiro atoms. The van der Waals surface area contributed by atoms with Crippen molar-refractivity contribution >= 4 is 17.7 Å². The van der Waals surface area contributed by atoms with Gasteiger partial charge in [-0.05, 0) is 49.3 Å². The van der Waals surface area contributed by atoms with Crippen LogP contribution in [0.2, 0.25) is 0 Å². The fraction of sp³-hybridized carbons (Fsp3) is 0.500. The van der Waals surface area contributed by atoms with E-state index in [1.165, 1.54) is 24.3 Å². The molecular weight excluding hydrogens is 303 g/mol. The Morgan fingerprint density at radius 2 is 1.90 bits per heavy atom. The van der Waals surface area contributed by atoms with Gasteiger partial charge in [0.15, 0.2) is 0 Å². The Labute approximate surface area is 126 Å². The highest BCUT2D eigenvalue weighted by Crippen LogP contribution is 2.37. The van der Waals surface area contributed by atoms with Crippen LogP contribution in [0.5, 0.6) is 0 Å². The van der Waals surface area contributed by atoms with Crippen LogP contribution in [0, 0.1) is 0 Å². The van der Waals surface area contributed by atoms with E-state index in [0.29, 0.717) is 12.1 Å². The average molecular weight is 321 g/mol. The molecule has 1 unspecified atom stereocenters. The van der Waals surface area contributed by atoms with Crippen molar-refractivity contribution in [3.05, 3.63) is 29.8 Å². The molecule has 21 heavy (non-hydrogen) atoms. The number of esters is 1. The Morgan fingerprint density at radius 3 is 2.38 bits per heavy atom. The Morgan fingerprint density at radius 1 is 1.29 bits per heavy atom. The van der Waals surface area contributed by atoms with Gasteiger partial charge in [0.25, 0.3) is 0 Å². The van der Waals surface area contributed by atoms with Crippen LogP contribution in [0.1, 0.15) is 31.9 Å². The molecule has 118 valence electrons. The van der Waals surface area contributed by atoms with E-state index in [2.05, 4.69) is 5.32 Å². The van der Waals surface area contributed by atoms with Gasteiger partial charge in [-0.25, -0.2) is 4.79 Å². The number of carbonyl (C=O) groups is 1. The van der Waals surface area contributed by atoms with Crippen molar-refractivity contribution in [3.8, 4) is 0 Å². The lowest BCUT2D eigenvalue weighted by atomic mass is 10.1. The van der Waals surface area contributed by atoms with Crippen LogP contribution in [0.3, 0.4) is 0 Å². The van der Waals surface area contributed by atoms with Crippen molar-refractivity contribution in [3.63, 3.8) is 0 Å². The molecule has 0 bridgehead atoms. The van der Waals surface area contributed by atoms with Gasteiger partial charge in [0.1, 0.15) is 6.04 Å². The van der Waals surface area contributed by atoms with Crippen LogP contribution >= 0.6 is 11.8 Å². The van der Waals surface area contributed by atoms with Crippen molar-refractivity contribution in [1.82, 2.24) is 5.32 Å². The number of carbonyl (C=O) groups excluding carboxylic acids is 1. The van der Waals surface area contributed by atoms with Gasteiger partial charge in [0.2, 0.25) is 0 Å². The lowest BCUT2D eigenvalue weighted by Gasteiger charge is -2.17. The summed E-state index contributed by atoms with van der Waals surface area (Å²) in [5.41, 5.74) is -3.73. The van der Waals surface area contributed by atoms with Crippen molar-refractivity contribution in [2.24, 2.45) is 0 Å². The normalized spacial score (nSPS) is 13.0. The molecule has 3 nitrogen and oxygen atoms in total. The summed E-state index contributed by atoms with van der Waals surface area (Å²) in [5.74, 6) is -0.429. The van der Waals surface area contributed by atoms with E-state index in [4.69, 9.17) is 4.74 Å². The molecule has 0 saturated carbocycles. The number of ether oxygens (including phenoxy) is 1. The number of hydrogen-bond acceptors (Lipinski definition) is 4. The Balaban J connectivity index is 2.85. The minimum absolute atomic E-state index is 0.0874. The van der Waals surface area contributed by atoms with Crippen LogP contribution in [0.15, 0.2) is 29.2 Å². The third kappa shape index (κ3) is 6.39. The Hall–Kier alpha value is -1.21. The molecule has 0 aliphatic rings. The smallest absolute Gasteiger partial charge is 0.446 e. The summed E-state index contributed by atoms with van der Waals surface area (Å²) in [6, 6.07) is 5.08. The predicted octanol–water partition coefficient (Wildman–Crippen LogP) is 3.90. The topological polar surface area (TPSA) is 38.3 Å². The first kappa shape index (κ1) is 17.8.